The van der Waals surface area contributed by atoms with Gasteiger partial charge in [0.05, 0.1) is 12.3 Å². The average molecular weight is 375 g/mol. The molecule has 1 N–H and O–H groups in total. The number of ether oxygens (including phenoxy) is 1. The van der Waals surface area contributed by atoms with E-state index < -0.39 is 5.91 Å². The molecule has 26 heavy (non-hydrogen) atoms. The molecule has 0 aliphatic rings. The minimum atomic E-state index is -0.425. The molecule has 0 spiro atoms. The first-order valence-corrected chi connectivity index (χ1v) is 8.22. The van der Waals surface area contributed by atoms with E-state index in [1.807, 2.05) is 6.07 Å². The van der Waals surface area contributed by atoms with Crippen molar-refractivity contribution in [1.82, 2.24) is 20.1 Å². The van der Waals surface area contributed by atoms with Gasteiger partial charge < -0.3 is 10.1 Å². The molecule has 1 amide bonds. The van der Waals surface area contributed by atoms with Crippen LogP contribution in [0.3, 0.4) is 0 Å². The van der Waals surface area contributed by atoms with Crippen LogP contribution in [0.1, 0.15) is 10.6 Å². The van der Waals surface area contributed by atoms with Crippen molar-refractivity contribution in [3.8, 4) is 17.1 Å². The summed E-state index contributed by atoms with van der Waals surface area (Å²) in [6.07, 6.45) is 0. The zero-order chi connectivity index (χ0) is 18.5. The van der Waals surface area contributed by atoms with Gasteiger partial charge in [-0.1, -0.05) is 23.7 Å². The van der Waals surface area contributed by atoms with Crippen molar-refractivity contribution in [1.29, 1.82) is 0 Å². The first-order chi connectivity index (χ1) is 12.6. The van der Waals surface area contributed by atoms with Crippen LogP contribution in [0.15, 0.2) is 48.5 Å². The van der Waals surface area contributed by atoms with Crippen molar-refractivity contribution in [2.45, 2.75) is 0 Å². The maximum absolute atomic E-state index is 13.2. The number of nitrogens with one attached hydrogen (secondary N) is 1. The quantitative estimate of drug-likeness (QED) is 0.673. The van der Waals surface area contributed by atoms with Crippen molar-refractivity contribution in [2.75, 3.05) is 20.3 Å². The molecule has 0 saturated heterocycles. The lowest BCUT2D eigenvalue weighted by Crippen LogP contribution is -2.28. The second kappa shape index (κ2) is 8.07. The smallest absolute Gasteiger partial charge is 0.291 e. The molecule has 0 aliphatic heterocycles. The van der Waals surface area contributed by atoms with Gasteiger partial charge in [-0.05, 0) is 36.4 Å². The molecule has 134 valence electrons. The predicted octanol–water partition coefficient (Wildman–Crippen LogP) is 3.10. The molecular weight excluding hydrogens is 359 g/mol. The number of halogens is 2. The largest absolute Gasteiger partial charge is 0.383 e. The summed E-state index contributed by atoms with van der Waals surface area (Å²) in [5, 5.41) is 7.49. The summed E-state index contributed by atoms with van der Waals surface area (Å²) in [7, 11) is 1.55. The number of hydrogen-bond acceptors (Lipinski definition) is 4. The fourth-order valence-electron chi connectivity index (χ4n) is 2.33. The summed E-state index contributed by atoms with van der Waals surface area (Å²) in [5.41, 5.74) is 1.26. The standard InChI is InChI=1S/C18H16ClFN4O2/c1-26-10-9-21-18(25)16-22-17(12-3-2-4-13(19)11-12)24(23-16)15-7-5-14(20)6-8-15/h2-8,11H,9-10H2,1H3,(H,21,25). The molecule has 0 radical (unpaired) electrons. The van der Waals surface area contributed by atoms with Gasteiger partial charge in [0.1, 0.15) is 5.82 Å². The SMILES string of the molecule is COCCNC(=O)c1nc(-c2cccc(Cl)c2)n(-c2ccc(F)cc2)n1. The van der Waals surface area contributed by atoms with Gasteiger partial charge in [-0.15, -0.1) is 5.10 Å². The van der Waals surface area contributed by atoms with Gasteiger partial charge in [0, 0.05) is 24.2 Å². The average Bonchev–Trinajstić information content (AvgIpc) is 3.08. The molecule has 0 unspecified atom stereocenters. The van der Waals surface area contributed by atoms with E-state index in [4.69, 9.17) is 16.3 Å². The zero-order valence-electron chi connectivity index (χ0n) is 13.9. The summed E-state index contributed by atoms with van der Waals surface area (Å²) in [6.45, 7) is 0.721. The Hall–Kier alpha value is -2.77. The third kappa shape index (κ3) is 4.07. The fraction of sp³-hybridized carbons (Fsp3) is 0.167. The van der Waals surface area contributed by atoms with Gasteiger partial charge >= 0.3 is 0 Å². The topological polar surface area (TPSA) is 69.0 Å². The maximum Gasteiger partial charge on any atom is 0.291 e. The summed E-state index contributed by atoms with van der Waals surface area (Å²) in [6, 6.07) is 12.8. The van der Waals surface area contributed by atoms with E-state index in [1.165, 1.54) is 16.8 Å². The van der Waals surface area contributed by atoms with Crippen LogP contribution in [0.25, 0.3) is 17.1 Å². The number of carbonyl (C=O) groups is 1. The third-order valence-corrected chi connectivity index (χ3v) is 3.79. The summed E-state index contributed by atoms with van der Waals surface area (Å²) >= 11 is 6.07. The zero-order valence-corrected chi connectivity index (χ0v) is 14.7. The summed E-state index contributed by atoms with van der Waals surface area (Å²) in [5.74, 6) is -0.363. The van der Waals surface area contributed by atoms with E-state index in [0.29, 0.717) is 35.2 Å². The molecule has 3 rings (SSSR count). The molecule has 0 atom stereocenters. The Morgan fingerprint density at radius 3 is 2.73 bits per heavy atom. The molecule has 1 heterocycles. The third-order valence-electron chi connectivity index (χ3n) is 3.56. The van der Waals surface area contributed by atoms with Gasteiger partial charge in [-0.25, -0.2) is 14.1 Å². The Bertz CT molecular complexity index is 912. The highest BCUT2D eigenvalue weighted by atomic mass is 35.5. The van der Waals surface area contributed by atoms with E-state index in [0.717, 1.165) is 0 Å². The van der Waals surface area contributed by atoms with E-state index in [9.17, 15) is 9.18 Å². The highest BCUT2D eigenvalue weighted by Gasteiger charge is 2.18. The molecular formula is C18H16ClFN4O2. The Morgan fingerprint density at radius 2 is 2.04 bits per heavy atom. The van der Waals surface area contributed by atoms with E-state index in [2.05, 4.69) is 15.4 Å². The highest BCUT2D eigenvalue weighted by Crippen LogP contribution is 2.24. The lowest BCUT2D eigenvalue weighted by Gasteiger charge is -2.06. The molecule has 0 aliphatic carbocycles. The van der Waals surface area contributed by atoms with Crippen molar-refractivity contribution in [3.63, 3.8) is 0 Å². The number of amides is 1. The Labute approximate surface area is 154 Å². The molecule has 0 fully saturated rings. The first-order valence-electron chi connectivity index (χ1n) is 7.84. The summed E-state index contributed by atoms with van der Waals surface area (Å²) in [4.78, 5) is 16.6. The first kappa shape index (κ1) is 18.0. The normalized spacial score (nSPS) is 10.7. The van der Waals surface area contributed by atoms with E-state index >= 15 is 0 Å². The monoisotopic (exact) mass is 374 g/mol. The van der Waals surface area contributed by atoms with Crippen LogP contribution in [0.2, 0.25) is 5.02 Å². The molecule has 6 nitrogen and oxygen atoms in total. The number of benzene rings is 2. The fourth-order valence-corrected chi connectivity index (χ4v) is 2.52. The summed E-state index contributed by atoms with van der Waals surface area (Å²) < 4.78 is 19.6. The van der Waals surface area contributed by atoms with Crippen LogP contribution in [0, 0.1) is 5.82 Å². The molecule has 0 saturated carbocycles. The van der Waals surface area contributed by atoms with Crippen molar-refractivity contribution >= 4 is 17.5 Å². The lowest BCUT2D eigenvalue weighted by atomic mass is 10.2. The number of methoxy groups -OCH3 is 1. The highest BCUT2D eigenvalue weighted by molar-refractivity contribution is 6.30. The molecule has 2 aromatic carbocycles. The molecule has 8 heteroatoms. The van der Waals surface area contributed by atoms with E-state index in [-0.39, 0.29) is 11.6 Å². The number of aromatic nitrogens is 3. The lowest BCUT2D eigenvalue weighted by molar-refractivity contribution is 0.0927. The minimum absolute atomic E-state index is 0.000374. The van der Waals surface area contributed by atoms with Crippen LogP contribution < -0.4 is 5.32 Å². The van der Waals surface area contributed by atoms with Crippen LogP contribution in [0.4, 0.5) is 4.39 Å². The van der Waals surface area contributed by atoms with Crippen molar-refractivity contribution in [3.05, 3.63) is 65.2 Å². The Morgan fingerprint density at radius 1 is 1.27 bits per heavy atom. The van der Waals surface area contributed by atoms with Crippen molar-refractivity contribution in [2.24, 2.45) is 0 Å². The van der Waals surface area contributed by atoms with Gasteiger partial charge in [0.25, 0.3) is 5.91 Å². The second-order valence-corrected chi connectivity index (χ2v) is 5.84. The van der Waals surface area contributed by atoms with Gasteiger partial charge in [-0.2, -0.15) is 0 Å². The van der Waals surface area contributed by atoms with Gasteiger partial charge in [0.15, 0.2) is 5.82 Å². The Kier molecular flexibility index (Phi) is 5.60. The van der Waals surface area contributed by atoms with Crippen LogP contribution in [-0.4, -0.2) is 40.9 Å². The van der Waals surface area contributed by atoms with Gasteiger partial charge in [0.2, 0.25) is 5.82 Å². The molecule has 3 aromatic rings. The minimum Gasteiger partial charge on any atom is -0.383 e. The van der Waals surface area contributed by atoms with Crippen molar-refractivity contribution < 1.29 is 13.9 Å². The van der Waals surface area contributed by atoms with Gasteiger partial charge in [-0.3, -0.25) is 4.79 Å². The predicted molar refractivity (Wildman–Crippen MR) is 96.0 cm³/mol. The molecule has 0 bridgehead atoms. The molecule has 1 aromatic heterocycles. The van der Waals surface area contributed by atoms with E-state index in [1.54, 1.807) is 37.4 Å². The van der Waals surface area contributed by atoms with Crippen LogP contribution >= 0.6 is 11.6 Å². The Balaban J connectivity index is 2.03. The second-order valence-electron chi connectivity index (χ2n) is 5.41. The van der Waals surface area contributed by atoms with Crippen LogP contribution in [0.5, 0.6) is 0 Å². The number of nitrogens with zero attached hydrogens (tertiary/aromatic N) is 3. The maximum atomic E-state index is 13.2. The number of carbonyl (C=O) groups excluding carboxylic acids is 1. The number of hydrogen-bond donors (Lipinski definition) is 1. The van der Waals surface area contributed by atoms with Crippen LogP contribution in [-0.2, 0) is 4.74 Å². The number of rotatable bonds is 6.